The van der Waals surface area contributed by atoms with Gasteiger partial charge in [-0.2, -0.15) is 10.2 Å². The first-order valence-corrected chi connectivity index (χ1v) is 5.19. The third kappa shape index (κ3) is 1.68. The zero-order valence-corrected chi connectivity index (χ0v) is 9.32. The van der Waals surface area contributed by atoms with Gasteiger partial charge in [-0.15, -0.1) is 0 Å². The molecule has 0 unspecified atom stereocenters. The Kier molecular flexibility index (Phi) is 2.34. The molecule has 3 aromatic heterocycles. The lowest BCUT2D eigenvalue weighted by atomic mass is 10.4. The molecule has 0 amide bonds. The molecule has 0 fully saturated rings. The molecule has 3 aromatic rings. The lowest BCUT2D eigenvalue weighted by Gasteiger charge is -1.97. The standard InChI is InChI=1S/C11H11N5O/c1-17-8-9-5-13-16(7-9)10-6-14-15-4-2-3-12-11(10)15/h2-7H,8H2,1H3. The van der Waals surface area contributed by atoms with Crippen LogP contribution in [-0.2, 0) is 11.3 Å². The average Bonchev–Trinajstić information content (AvgIpc) is 2.95. The topological polar surface area (TPSA) is 57.2 Å². The molecule has 0 bridgehead atoms. The molecule has 3 heterocycles. The summed E-state index contributed by atoms with van der Waals surface area (Å²) in [5.74, 6) is 0. The summed E-state index contributed by atoms with van der Waals surface area (Å²) < 4.78 is 8.53. The number of ether oxygens (including phenoxy) is 1. The Morgan fingerprint density at radius 3 is 3.12 bits per heavy atom. The normalized spacial score (nSPS) is 11.1. The van der Waals surface area contributed by atoms with Crippen molar-refractivity contribution in [3.8, 4) is 5.69 Å². The molecule has 17 heavy (non-hydrogen) atoms. The molecule has 6 nitrogen and oxygen atoms in total. The van der Waals surface area contributed by atoms with Crippen molar-refractivity contribution in [2.24, 2.45) is 0 Å². The maximum absolute atomic E-state index is 5.06. The van der Waals surface area contributed by atoms with Crippen molar-refractivity contribution in [2.75, 3.05) is 7.11 Å². The predicted molar refractivity (Wildman–Crippen MR) is 60.8 cm³/mol. The summed E-state index contributed by atoms with van der Waals surface area (Å²) >= 11 is 0. The summed E-state index contributed by atoms with van der Waals surface area (Å²) in [6.45, 7) is 0.548. The first-order valence-electron chi connectivity index (χ1n) is 5.19. The molecule has 0 atom stereocenters. The molecule has 0 aliphatic carbocycles. The lowest BCUT2D eigenvalue weighted by molar-refractivity contribution is 0.185. The summed E-state index contributed by atoms with van der Waals surface area (Å²) in [4.78, 5) is 4.28. The van der Waals surface area contributed by atoms with Crippen molar-refractivity contribution in [3.63, 3.8) is 0 Å². The van der Waals surface area contributed by atoms with Crippen molar-refractivity contribution in [3.05, 3.63) is 42.6 Å². The molecule has 0 aromatic carbocycles. The second kappa shape index (κ2) is 3.99. The fourth-order valence-electron chi connectivity index (χ4n) is 1.71. The van der Waals surface area contributed by atoms with E-state index in [1.807, 2.05) is 18.5 Å². The largest absolute Gasteiger partial charge is 0.380 e. The van der Waals surface area contributed by atoms with Crippen molar-refractivity contribution in [1.82, 2.24) is 24.4 Å². The maximum atomic E-state index is 5.06. The molecule has 0 saturated carbocycles. The molecule has 3 rings (SSSR count). The van der Waals surface area contributed by atoms with E-state index in [1.165, 1.54) is 0 Å². The van der Waals surface area contributed by atoms with Crippen LogP contribution in [0, 0.1) is 0 Å². The Bertz CT molecular complexity index is 642. The number of methoxy groups -OCH3 is 1. The van der Waals surface area contributed by atoms with E-state index < -0.39 is 0 Å². The van der Waals surface area contributed by atoms with Gasteiger partial charge in [0.1, 0.15) is 5.69 Å². The van der Waals surface area contributed by atoms with E-state index >= 15 is 0 Å². The van der Waals surface area contributed by atoms with Crippen LogP contribution in [0.25, 0.3) is 11.3 Å². The number of rotatable bonds is 3. The van der Waals surface area contributed by atoms with Gasteiger partial charge in [-0.05, 0) is 6.07 Å². The van der Waals surface area contributed by atoms with Crippen molar-refractivity contribution >= 4 is 5.65 Å². The second-order valence-corrected chi connectivity index (χ2v) is 3.64. The van der Waals surface area contributed by atoms with Crippen LogP contribution in [0.4, 0.5) is 0 Å². The molecule has 0 spiro atoms. The van der Waals surface area contributed by atoms with Crippen LogP contribution in [0.5, 0.6) is 0 Å². The minimum atomic E-state index is 0.548. The highest BCUT2D eigenvalue weighted by molar-refractivity contribution is 5.56. The molecule has 0 N–H and O–H groups in total. The van der Waals surface area contributed by atoms with Crippen LogP contribution in [0.3, 0.4) is 0 Å². The number of aromatic nitrogens is 5. The first kappa shape index (κ1) is 9.98. The van der Waals surface area contributed by atoms with E-state index in [0.29, 0.717) is 6.61 Å². The fourth-order valence-corrected chi connectivity index (χ4v) is 1.71. The summed E-state index contributed by atoms with van der Waals surface area (Å²) in [7, 11) is 1.66. The molecule has 0 aliphatic heterocycles. The molecule has 0 saturated heterocycles. The van der Waals surface area contributed by atoms with E-state index in [0.717, 1.165) is 16.9 Å². The maximum Gasteiger partial charge on any atom is 0.181 e. The SMILES string of the molecule is COCc1cnn(-c2cnn3cccnc23)c1. The van der Waals surface area contributed by atoms with Gasteiger partial charge in [0.2, 0.25) is 0 Å². The van der Waals surface area contributed by atoms with Crippen LogP contribution in [0.15, 0.2) is 37.1 Å². The molecule has 0 aliphatic rings. The molecular weight excluding hydrogens is 218 g/mol. The Morgan fingerprint density at radius 2 is 2.24 bits per heavy atom. The second-order valence-electron chi connectivity index (χ2n) is 3.64. The lowest BCUT2D eigenvalue weighted by Crippen LogP contribution is -1.95. The number of nitrogens with zero attached hydrogens (tertiary/aromatic N) is 5. The van der Waals surface area contributed by atoms with Crippen molar-refractivity contribution in [1.29, 1.82) is 0 Å². The third-order valence-corrected chi connectivity index (χ3v) is 2.45. The Hall–Kier alpha value is -2.21. The molecule has 0 radical (unpaired) electrons. The summed E-state index contributed by atoms with van der Waals surface area (Å²) in [5, 5.41) is 8.48. The number of hydrogen-bond donors (Lipinski definition) is 0. The van der Waals surface area contributed by atoms with E-state index in [4.69, 9.17) is 4.74 Å². The average molecular weight is 229 g/mol. The van der Waals surface area contributed by atoms with E-state index in [-0.39, 0.29) is 0 Å². The summed E-state index contributed by atoms with van der Waals surface area (Å²) in [5.41, 5.74) is 2.65. The smallest absolute Gasteiger partial charge is 0.181 e. The Balaban J connectivity index is 2.07. The van der Waals surface area contributed by atoms with Crippen LogP contribution in [0.2, 0.25) is 0 Å². The zero-order chi connectivity index (χ0) is 11.7. The monoisotopic (exact) mass is 229 g/mol. The van der Waals surface area contributed by atoms with Gasteiger partial charge >= 0.3 is 0 Å². The van der Waals surface area contributed by atoms with Gasteiger partial charge in [-0.25, -0.2) is 14.2 Å². The molecular formula is C11H11N5O. The highest BCUT2D eigenvalue weighted by Gasteiger charge is 2.08. The summed E-state index contributed by atoms with van der Waals surface area (Å²) in [6, 6.07) is 1.84. The minimum absolute atomic E-state index is 0.548. The van der Waals surface area contributed by atoms with Gasteiger partial charge in [0.05, 0.1) is 19.0 Å². The number of fused-ring (bicyclic) bond motifs is 1. The van der Waals surface area contributed by atoms with Gasteiger partial charge in [0.15, 0.2) is 5.65 Å². The Labute approximate surface area is 97.5 Å². The van der Waals surface area contributed by atoms with Gasteiger partial charge in [0, 0.05) is 31.3 Å². The Morgan fingerprint density at radius 1 is 1.29 bits per heavy atom. The fraction of sp³-hybridized carbons (Fsp3) is 0.182. The van der Waals surface area contributed by atoms with E-state index in [9.17, 15) is 0 Å². The predicted octanol–water partition coefficient (Wildman–Crippen LogP) is 1.06. The van der Waals surface area contributed by atoms with Crippen LogP contribution in [0.1, 0.15) is 5.56 Å². The van der Waals surface area contributed by atoms with E-state index in [2.05, 4.69) is 15.2 Å². The van der Waals surface area contributed by atoms with Crippen LogP contribution in [-0.4, -0.2) is 31.5 Å². The molecule has 86 valence electrons. The van der Waals surface area contributed by atoms with Gasteiger partial charge in [-0.1, -0.05) is 0 Å². The summed E-state index contributed by atoms with van der Waals surface area (Å²) in [6.07, 6.45) is 9.02. The minimum Gasteiger partial charge on any atom is -0.380 e. The molecule has 6 heteroatoms. The van der Waals surface area contributed by atoms with Gasteiger partial charge in [0.25, 0.3) is 0 Å². The highest BCUT2D eigenvalue weighted by atomic mass is 16.5. The van der Waals surface area contributed by atoms with Crippen molar-refractivity contribution in [2.45, 2.75) is 6.61 Å². The highest BCUT2D eigenvalue weighted by Crippen LogP contribution is 2.13. The number of hydrogen-bond acceptors (Lipinski definition) is 4. The van der Waals surface area contributed by atoms with Crippen LogP contribution >= 0.6 is 0 Å². The third-order valence-electron chi connectivity index (χ3n) is 2.45. The van der Waals surface area contributed by atoms with Crippen LogP contribution < -0.4 is 0 Å². The zero-order valence-electron chi connectivity index (χ0n) is 9.32. The van der Waals surface area contributed by atoms with Gasteiger partial charge in [-0.3, -0.25) is 0 Å². The van der Waals surface area contributed by atoms with Gasteiger partial charge < -0.3 is 4.74 Å². The first-order chi connectivity index (χ1) is 8.38. The quantitative estimate of drug-likeness (QED) is 0.674. The van der Waals surface area contributed by atoms with E-state index in [1.54, 1.807) is 34.9 Å². The van der Waals surface area contributed by atoms with Crippen molar-refractivity contribution < 1.29 is 4.74 Å².